The van der Waals surface area contributed by atoms with Gasteiger partial charge in [-0.2, -0.15) is 12.6 Å². The molecule has 0 saturated heterocycles. The fourth-order valence-corrected chi connectivity index (χ4v) is 3.45. The van der Waals surface area contributed by atoms with E-state index in [9.17, 15) is 29.1 Å². The highest BCUT2D eigenvalue weighted by Gasteiger charge is 2.30. The van der Waals surface area contributed by atoms with Crippen LogP contribution in [0, 0.1) is 0 Å². The Hall–Kier alpha value is -3.85. The number of amides is 4. The number of nitrogens with one attached hydrogen (secondary N) is 3. The van der Waals surface area contributed by atoms with Gasteiger partial charge in [0.15, 0.2) is 5.96 Å². The van der Waals surface area contributed by atoms with Crippen molar-refractivity contribution in [2.24, 2.45) is 27.9 Å². The lowest BCUT2D eigenvalue weighted by atomic mass is 10.0. The fraction of sp³-hybridized carbons (Fsp3) is 0.478. The number of primary amides is 1. The van der Waals surface area contributed by atoms with Crippen molar-refractivity contribution in [2.75, 3.05) is 12.3 Å². The molecular formula is C23H36N8O6S. The Morgan fingerprint density at radius 2 is 1.45 bits per heavy atom. The Kier molecular flexibility index (Phi) is 14.2. The Labute approximate surface area is 225 Å². The first-order valence-electron chi connectivity index (χ1n) is 11.8. The van der Waals surface area contributed by atoms with Crippen molar-refractivity contribution in [3.05, 3.63) is 35.9 Å². The van der Waals surface area contributed by atoms with Gasteiger partial charge in [-0.25, -0.2) is 4.79 Å². The molecule has 1 aromatic rings. The third kappa shape index (κ3) is 12.4. The standard InChI is InChI=1S/C23H36N8O6S/c24-14(12-38)19(33)31-17(11-13-5-2-1-3-6-13)21(35)29-15(8-9-18(25)32)20(34)30-16(22(36)37)7-4-10-28-23(26)27/h1-3,5-6,14-17,38H,4,7-12,24H2,(H2,25,32)(H,29,35)(H,30,34)(H,31,33)(H,36,37)(H4,26,27,28). The molecule has 0 bridgehead atoms. The molecule has 210 valence electrons. The molecule has 0 fully saturated rings. The minimum atomic E-state index is -1.32. The number of thiol groups is 1. The SMILES string of the molecule is NC(=O)CCC(NC(=O)C(Cc1ccccc1)NC(=O)C(N)CS)C(=O)NC(CCCN=C(N)N)C(=O)O. The molecule has 0 spiro atoms. The smallest absolute Gasteiger partial charge is 0.326 e. The second kappa shape index (κ2) is 16.8. The third-order valence-corrected chi connectivity index (χ3v) is 5.71. The summed E-state index contributed by atoms with van der Waals surface area (Å²) in [5.41, 5.74) is 22.2. The number of nitrogens with two attached hydrogens (primary N) is 4. The highest BCUT2D eigenvalue weighted by molar-refractivity contribution is 7.80. The monoisotopic (exact) mass is 552 g/mol. The van der Waals surface area contributed by atoms with Gasteiger partial charge in [0.1, 0.15) is 18.1 Å². The van der Waals surface area contributed by atoms with Gasteiger partial charge in [-0.1, -0.05) is 30.3 Å². The normalized spacial score (nSPS) is 13.7. The van der Waals surface area contributed by atoms with Gasteiger partial charge in [0.25, 0.3) is 0 Å². The second-order valence-electron chi connectivity index (χ2n) is 8.45. The molecule has 0 aliphatic heterocycles. The van der Waals surface area contributed by atoms with Gasteiger partial charge in [-0.05, 0) is 24.8 Å². The number of nitrogens with zero attached hydrogens (tertiary/aromatic N) is 1. The van der Waals surface area contributed by atoms with Crippen molar-refractivity contribution >= 4 is 48.2 Å². The number of carboxylic acid groups (broad SMARTS) is 1. The summed E-state index contributed by atoms with van der Waals surface area (Å²) in [7, 11) is 0. The lowest BCUT2D eigenvalue weighted by molar-refractivity contribution is -0.142. The number of benzene rings is 1. The first-order chi connectivity index (χ1) is 17.9. The number of hydrogen-bond acceptors (Lipinski definition) is 8. The average molecular weight is 553 g/mol. The van der Waals surface area contributed by atoms with Crippen LogP contribution in [-0.4, -0.2) is 77.1 Å². The molecule has 0 heterocycles. The van der Waals surface area contributed by atoms with E-state index < -0.39 is 53.8 Å². The van der Waals surface area contributed by atoms with E-state index in [2.05, 4.69) is 33.6 Å². The second-order valence-corrected chi connectivity index (χ2v) is 8.82. The van der Waals surface area contributed by atoms with Gasteiger partial charge in [0.2, 0.25) is 23.6 Å². The van der Waals surface area contributed by atoms with E-state index in [-0.39, 0.29) is 50.4 Å². The van der Waals surface area contributed by atoms with Crippen molar-refractivity contribution in [1.29, 1.82) is 0 Å². The van der Waals surface area contributed by atoms with Crippen LogP contribution in [0.4, 0.5) is 0 Å². The van der Waals surface area contributed by atoms with Gasteiger partial charge >= 0.3 is 5.97 Å². The molecule has 14 nitrogen and oxygen atoms in total. The van der Waals surface area contributed by atoms with E-state index in [1.807, 2.05) is 0 Å². The maximum atomic E-state index is 13.2. The van der Waals surface area contributed by atoms with Crippen molar-refractivity contribution in [3.63, 3.8) is 0 Å². The number of carboxylic acids is 1. The number of aliphatic imine (C=N–C) groups is 1. The summed E-state index contributed by atoms with van der Waals surface area (Å²) in [5.74, 6) is -4.35. The summed E-state index contributed by atoms with van der Waals surface area (Å²) >= 11 is 4.00. The molecule has 0 aliphatic carbocycles. The number of aliphatic carboxylic acids is 1. The van der Waals surface area contributed by atoms with Crippen molar-refractivity contribution in [1.82, 2.24) is 16.0 Å². The molecule has 1 aromatic carbocycles. The lowest BCUT2D eigenvalue weighted by Crippen LogP contribution is -2.57. The maximum absolute atomic E-state index is 13.2. The minimum Gasteiger partial charge on any atom is -0.480 e. The van der Waals surface area contributed by atoms with Crippen LogP contribution in [0.5, 0.6) is 0 Å². The molecule has 12 N–H and O–H groups in total. The Morgan fingerprint density at radius 1 is 0.868 bits per heavy atom. The number of guanidine groups is 1. The average Bonchev–Trinajstić information content (AvgIpc) is 2.87. The summed E-state index contributed by atoms with van der Waals surface area (Å²) in [6.07, 6.45) is -0.132. The fourth-order valence-electron chi connectivity index (χ4n) is 3.28. The van der Waals surface area contributed by atoms with Gasteiger partial charge in [0, 0.05) is 25.1 Å². The maximum Gasteiger partial charge on any atom is 0.326 e. The third-order valence-electron chi connectivity index (χ3n) is 5.32. The summed E-state index contributed by atoms with van der Waals surface area (Å²) in [5, 5.41) is 16.9. The zero-order valence-corrected chi connectivity index (χ0v) is 21.7. The van der Waals surface area contributed by atoms with Gasteiger partial charge in [-0.3, -0.25) is 24.2 Å². The molecule has 0 aliphatic rings. The highest BCUT2D eigenvalue weighted by atomic mass is 32.1. The van der Waals surface area contributed by atoms with Crippen LogP contribution in [-0.2, 0) is 30.4 Å². The van der Waals surface area contributed by atoms with E-state index in [0.29, 0.717) is 0 Å². The first kappa shape index (κ1) is 32.2. The Morgan fingerprint density at radius 3 is 2.00 bits per heavy atom. The minimum absolute atomic E-state index is 0.00262. The Bertz CT molecular complexity index is 989. The largest absolute Gasteiger partial charge is 0.480 e. The number of hydrogen-bond donors (Lipinski definition) is 9. The van der Waals surface area contributed by atoms with Gasteiger partial charge in [0.05, 0.1) is 6.04 Å². The highest BCUT2D eigenvalue weighted by Crippen LogP contribution is 2.07. The van der Waals surface area contributed by atoms with Crippen LogP contribution >= 0.6 is 12.6 Å². The van der Waals surface area contributed by atoms with Crippen LogP contribution in [0.25, 0.3) is 0 Å². The molecule has 0 aromatic heterocycles. The van der Waals surface area contributed by atoms with Crippen LogP contribution in [0.1, 0.15) is 31.2 Å². The zero-order chi connectivity index (χ0) is 28.7. The van der Waals surface area contributed by atoms with E-state index in [1.165, 1.54) is 0 Å². The number of rotatable bonds is 17. The zero-order valence-electron chi connectivity index (χ0n) is 20.8. The van der Waals surface area contributed by atoms with Crippen LogP contribution in [0.3, 0.4) is 0 Å². The Balaban J connectivity index is 3.06. The molecule has 38 heavy (non-hydrogen) atoms. The molecule has 0 radical (unpaired) electrons. The van der Waals surface area contributed by atoms with Gasteiger partial charge < -0.3 is 44.0 Å². The molecule has 4 atom stereocenters. The summed E-state index contributed by atoms with van der Waals surface area (Å²) in [4.78, 5) is 65.4. The molecule has 4 unspecified atom stereocenters. The van der Waals surface area contributed by atoms with Crippen LogP contribution in [0.2, 0.25) is 0 Å². The molecule has 0 saturated carbocycles. The van der Waals surface area contributed by atoms with Crippen molar-refractivity contribution in [3.8, 4) is 0 Å². The van der Waals surface area contributed by atoms with Gasteiger partial charge in [-0.15, -0.1) is 0 Å². The van der Waals surface area contributed by atoms with Crippen LogP contribution < -0.4 is 38.9 Å². The predicted molar refractivity (Wildman–Crippen MR) is 144 cm³/mol. The summed E-state index contributed by atoms with van der Waals surface area (Å²) < 4.78 is 0. The van der Waals surface area contributed by atoms with Crippen molar-refractivity contribution in [2.45, 2.75) is 56.3 Å². The first-order valence-corrected chi connectivity index (χ1v) is 12.5. The molecule has 4 amide bonds. The summed E-state index contributed by atoms with van der Waals surface area (Å²) in [6.45, 7) is 0.152. The molecular weight excluding hydrogens is 516 g/mol. The predicted octanol–water partition coefficient (Wildman–Crippen LogP) is -2.66. The van der Waals surface area contributed by atoms with E-state index in [0.717, 1.165) is 5.56 Å². The quantitative estimate of drug-likeness (QED) is 0.0422. The lowest BCUT2D eigenvalue weighted by Gasteiger charge is -2.25. The van der Waals surface area contributed by atoms with E-state index in [1.54, 1.807) is 30.3 Å². The number of carbonyl (C=O) groups is 5. The van der Waals surface area contributed by atoms with Crippen LogP contribution in [0.15, 0.2) is 35.3 Å². The molecule has 1 rings (SSSR count). The van der Waals surface area contributed by atoms with Crippen molar-refractivity contribution < 1.29 is 29.1 Å². The van der Waals surface area contributed by atoms with E-state index >= 15 is 0 Å². The topological polar surface area (TPSA) is 258 Å². The number of carbonyl (C=O) groups excluding carboxylic acids is 4. The molecule has 15 heteroatoms. The summed E-state index contributed by atoms with van der Waals surface area (Å²) in [6, 6.07) is 4.07. The van der Waals surface area contributed by atoms with E-state index in [4.69, 9.17) is 22.9 Å².